The van der Waals surface area contributed by atoms with E-state index in [1.165, 1.54) is 0 Å². The quantitative estimate of drug-likeness (QED) is 0.364. The molecule has 0 atom stereocenters. The van der Waals surface area contributed by atoms with E-state index >= 15 is 0 Å². The van der Waals surface area contributed by atoms with Crippen molar-refractivity contribution in [1.29, 1.82) is 0 Å². The number of piperidine rings is 1. The van der Waals surface area contributed by atoms with Crippen molar-refractivity contribution in [2.24, 2.45) is 5.41 Å². The fourth-order valence-electron chi connectivity index (χ4n) is 4.63. The molecule has 0 radical (unpaired) electrons. The fraction of sp³-hybridized carbons (Fsp3) is 0.889. The normalized spacial score (nSPS) is 33.1. The second kappa shape index (κ2) is 6.25. The third-order valence-corrected chi connectivity index (χ3v) is 7.05. The Kier molecular flexibility index (Phi) is 4.80. The maximum Gasteiger partial charge on any atom is 0.410 e. The number of esters is 1. The van der Waals surface area contributed by atoms with Gasteiger partial charge in [0.1, 0.15) is 11.0 Å². The first-order valence-corrected chi connectivity index (χ1v) is 10.5. The molecule has 4 fully saturated rings. The minimum Gasteiger partial charge on any atom is -0.465 e. The molecule has 1 spiro atoms. The molecule has 1 amide bonds. The van der Waals surface area contributed by atoms with E-state index in [0.717, 1.165) is 17.3 Å². The van der Waals surface area contributed by atoms with Crippen LogP contribution in [-0.4, -0.2) is 57.9 Å². The zero-order valence-corrected chi connectivity index (χ0v) is 17.7. The van der Waals surface area contributed by atoms with Crippen molar-refractivity contribution in [3.05, 3.63) is 0 Å². The standard InChI is InChI=1S/C18H28INO5/c1-5-23-13(21)17-10-16(11-17,12-19)25-18(17)6-8-20(9-7-18)14(22)24-15(2,3)4/h5-12H2,1-4H3. The van der Waals surface area contributed by atoms with Gasteiger partial charge in [-0.3, -0.25) is 4.79 Å². The summed E-state index contributed by atoms with van der Waals surface area (Å²) in [5, 5.41) is 0. The van der Waals surface area contributed by atoms with E-state index in [2.05, 4.69) is 22.6 Å². The average Bonchev–Trinajstić information content (AvgIpc) is 2.91. The van der Waals surface area contributed by atoms with Gasteiger partial charge in [0.05, 0.1) is 17.8 Å². The molecule has 0 N–H and O–H groups in total. The number of amides is 1. The van der Waals surface area contributed by atoms with Gasteiger partial charge in [0.25, 0.3) is 0 Å². The van der Waals surface area contributed by atoms with Crippen LogP contribution in [0.3, 0.4) is 0 Å². The van der Waals surface area contributed by atoms with Gasteiger partial charge in [-0.1, -0.05) is 22.6 Å². The van der Waals surface area contributed by atoms with Gasteiger partial charge in [-0.25, -0.2) is 4.79 Å². The van der Waals surface area contributed by atoms with Gasteiger partial charge in [-0.2, -0.15) is 0 Å². The molecule has 7 heteroatoms. The zero-order chi connectivity index (χ0) is 18.5. The van der Waals surface area contributed by atoms with Crippen molar-refractivity contribution in [3.8, 4) is 0 Å². The van der Waals surface area contributed by atoms with Gasteiger partial charge in [0.2, 0.25) is 0 Å². The first-order chi connectivity index (χ1) is 11.6. The summed E-state index contributed by atoms with van der Waals surface area (Å²) >= 11 is 2.34. The second-order valence-electron chi connectivity index (χ2n) is 8.54. The minimum atomic E-state index is -0.534. The largest absolute Gasteiger partial charge is 0.465 e. The molecule has 142 valence electrons. The molecule has 6 nitrogen and oxygen atoms in total. The molecule has 3 aliphatic heterocycles. The van der Waals surface area contributed by atoms with Crippen LogP contribution in [0, 0.1) is 5.41 Å². The van der Waals surface area contributed by atoms with Gasteiger partial charge in [0.15, 0.2) is 0 Å². The molecule has 4 rings (SSSR count). The van der Waals surface area contributed by atoms with Crippen LogP contribution in [0.25, 0.3) is 0 Å². The lowest BCUT2D eigenvalue weighted by atomic mass is 9.54. The van der Waals surface area contributed by atoms with Crippen LogP contribution in [0.4, 0.5) is 4.79 Å². The van der Waals surface area contributed by atoms with Crippen LogP contribution in [0.5, 0.6) is 0 Å². The molecule has 3 heterocycles. The molecule has 3 saturated heterocycles. The van der Waals surface area contributed by atoms with E-state index in [9.17, 15) is 9.59 Å². The lowest BCUT2D eigenvalue weighted by molar-refractivity contribution is -0.167. The molecule has 0 aromatic heterocycles. The molecule has 2 bridgehead atoms. The number of hydrogen-bond acceptors (Lipinski definition) is 5. The van der Waals surface area contributed by atoms with Crippen LogP contribution >= 0.6 is 22.6 Å². The van der Waals surface area contributed by atoms with Crippen molar-refractivity contribution >= 4 is 34.7 Å². The van der Waals surface area contributed by atoms with E-state index < -0.39 is 16.6 Å². The van der Waals surface area contributed by atoms with Crippen LogP contribution in [-0.2, 0) is 19.0 Å². The van der Waals surface area contributed by atoms with Crippen molar-refractivity contribution in [1.82, 2.24) is 4.90 Å². The Hall–Kier alpha value is -0.570. The van der Waals surface area contributed by atoms with Crippen LogP contribution in [0.1, 0.15) is 53.4 Å². The highest BCUT2D eigenvalue weighted by atomic mass is 127. The number of halogens is 1. The van der Waals surface area contributed by atoms with E-state index in [1.807, 2.05) is 27.7 Å². The molecule has 25 heavy (non-hydrogen) atoms. The van der Waals surface area contributed by atoms with Crippen molar-refractivity contribution in [2.45, 2.75) is 70.2 Å². The molecule has 4 aliphatic rings. The monoisotopic (exact) mass is 465 g/mol. The number of carbonyl (C=O) groups excluding carboxylic acids is 2. The van der Waals surface area contributed by atoms with Crippen molar-refractivity contribution in [2.75, 3.05) is 24.1 Å². The lowest BCUT2D eigenvalue weighted by Crippen LogP contribution is -2.59. The number of rotatable bonds is 3. The highest BCUT2D eigenvalue weighted by Crippen LogP contribution is 2.70. The summed E-state index contributed by atoms with van der Waals surface area (Å²) in [6, 6.07) is 0. The summed E-state index contributed by atoms with van der Waals surface area (Å²) < 4.78 is 18.3. The van der Waals surface area contributed by atoms with E-state index in [-0.39, 0.29) is 17.7 Å². The zero-order valence-electron chi connectivity index (χ0n) is 15.5. The van der Waals surface area contributed by atoms with Gasteiger partial charge in [-0.15, -0.1) is 0 Å². The molecule has 1 aliphatic carbocycles. The number of alkyl halides is 1. The maximum absolute atomic E-state index is 12.7. The SMILES string of the molecule is CCOC(=O)C12CC(CI)(C1)OC21CCN(C(=O)OC(C)(C)C)CC1. The minimum absolute atomic E-state index is 0.126. The Morgan fingerprint density at radius 2 is 1.80 bits per heavy atom. The van der Waals surface area contributed by atoms with Gasteiger partial charge in [-0.05, 0) is 53.4 Å². The van der Waals surface area contributed by atoms with E-state index in [4.69, 9.17) is 14.2 Å². The Morgan fingerprint density at radius 1 is 1.20 bits per heavy atom. The first-order valence-electron chi connectivity index (χ1n) is 9.02. The second-order valence-corrected chi connectivity index (χ2v) is 9.30. The van der Waals surface area contributed by atoms with Gasteiger partial charge in [0, 0.05) is 17.5 Å². The Labute approximate surface area is 163 Å². The van der Waals surface area contributed by atoms with Crippen molar-refractivity contribution in [3.63, 3.8) is 0 Å². The summed E-state index contributed by atoms with van der Waals surface area (Å²) in [4.78, 5) is 26.8. The van der Waals surface area contributed by atoms with Crippen LogP contribution < -0.4 is 0 Å². The number of likely N-dealkylation sites (tertiary alicyclic amines) is 1. The third-order valence-electron chi connectivity index (χ3n) is 5.66. The number of ether oxygens (including phenoxy) is 3. The molecule has 0 aromatic rings. The molecule has 0 unspecified atom stereocenters. The maximum atomic E-state index is 12.7. The predicted octanol–water partition coefficient (Wildman–Crippen LogP) is 3.30. The average molecular weight is 465 g/mol. The molecular formula is C18H28INO5. The van der Waals surface area contributed by atoms with Crippen LogP contribution in [0.2, 0.25) is 0 Å². The van der Waals surface area contributed by atoms with E-state index in [1.54, 1.807) is 4.90 Å². The Morgan fingerprint density at radius 3 is 2.28 bits per heavy atom. The molecule has 1 saturated carbocycles. The van der Waals surface area contributed by atoms with Crippen molar-refractivity contribution < 1.29 is 23.8 Å². The molecule has 0 aromatic carbocycles. The topological polar surface area (TPSA) is 65.1 Å². The Balaban J connectivity index is 1.73. The lowest BCUT2D eigenvalue weighted by Gasteiger charge is -2.48. The van der Waals surface area contributed by atoms with E-state index in [0.29, 0.717) is 32.5 Å². The van der Waals surface area contributed by atoms with Gasteiger partial charge >= 0.3 is 12.1 Å². The fourth-order valence-corrected chi connectivity index (χ4v) is 5.33. The highest BCUT2D eigenvalue weighted by Gasteiger charge is 2.78. The third kappa shape index (κ3) is 3.05. The summed E-state index contributed by atoms with van der Waals surface area (Å²) in [6.45, 7) is 8.92. The summed E-state index contributed by atoms with van der Waals surface area (Å²) in [7, 11) is 0. The summed E-state index contributed by atoms with van der Waals surface area (Å²) in [6.07, 6.45) is 2.51. The summed E-state index contributed by atoms with van der Waals surface area (Å²) in [5.74, 6) is -0.126. The highest BCUT2D eigenvalue weighted by molar-refractivity contribution is 14.1. The smallest absolute Gasteiger partial charge is 0.410 e. The van der Waals surface area contributed by atoms with Crippen LogP contribution in [0.15, 0.2) is 0 Å². The Bertz CT molecular complexity index is 556. The predicted molar refractivity (Wildman–Crippen MR) is 101 cm³/mol. The first kappa shape index (κ1) is 19.2. The summed E-state index contributed by atoms with van der Waals surface area (Å²) in [5.41, 5.74) is -1.73. The number of carbonyl (C=O) groups is 2. The van der Waals surface area contributed by atoms with Gasteiger partial charge < -0.3 is 19.1 Å². The number of nitrogens with zero attached hydrogens (tertiary/aromatic N) is 1. The molecular weight excluding hydrogens is 437 g/mol. The number of hydrogen-bond donors (Lipinski definition) is 0.